The number of Topliss-reactive ketones (excluding diaryl/α,β-unsaturated/α-hetero) is 1. The Morgan fingerprint density at radius 1 is 1.13 bits per heavy atom. The first-order valence-corrected chi connectivity index (χ1v) is 10.1. The lowest BCUT2D eigenvalue weighted by atomic mass is 9.90. The van der Waals surface area contributed by atoms with Gasteiger partial charge in [-0.05, 0) is 36.1 Å². The van der Waals surface area contributed by atoms with E-state index in [0.717, 1.165) is 46.5 Å². The summed E-state index contributed by atoms with van der Waals surface area (Å²) in [6.07, 6.45) is 5.91. The fraction of sp³-hybridized carbons (Fsp3) is 0.174. The minimum atomic E-state index is -0.399. The van der Waals surface area contributed by atoms with Crippen molar-refractivity contribution in [1.82, 2.24) is 25.4 Å². The third-order valence-corrected chi connectivity index (χ3v) is 5.45. The van der Waals surface area contributed by atoms with Crippen molar-refractivity contribution in [3.63, 3.8) is 0 Å². The highest BCUT2D eigenvalue weighted by Gasteiger charge is 2.26. The van der Waals surface area contributed by atoms with Crippen LogP contribution in [0.3, 0.4) is 0 Å². The summed E-state index contributed by atoms with van der Waals surface area (Å²) in [5.41, 5.74) is 5.86. The standard InChI is InChI=1S/C23H20N6O2/c30-19-8-4-7-17-21(19)16(11-14-5-2-1-3-6-14)22(26-17)15-9-10-24-20(12-15)27-23(31)18-13-25-29-28-18/h1-3,5-6,9-10,12-13,26H,4,7-8,11H2,(H,24,27,31)(H,25,28,29). The van der Waals surface area contributed by atoms with E-state index in [1.807, 2.05) is 24.3 Å². The summed E-state index contributed by atoms with van der Waals surface area (Å²) in [6.45, 7) is 0. The molecular formula is C23H20N6O2. The molecule has 0 bridgehead atoms. The van der Waals surface area contributed by atoms with Gasteiger partial charge in [0.05, 0.1) is 11.9 Å². The number of rotatable bonds is 5. The molecule has 1 aromatic carbocycles. The highest BCUT2D eigenvalue weighted by Crippen LogP contribution is 2.35. The van der Waals surface area contributed by atoms with E-state index < -0.39 is 5.91 Å². The Morgan fingerprint density at radius 3 is 2.81 bits per heavy atom. The Kier molecular flexibility index (Phi) is 4.87. The lowest BCUT2D eigenvalue weighted by Crippen LogP contribution is -2.13. The van der Waals surface area contributed by atoms with E-state index in [1.54, 1.807) is 12.3 Å². The molecular weight excluding hydrogens is 392 g/mol. The molecule has 8 nitrogen and oxygen atoms in total. The monoisotopic (exact) mass is 412 g/mol. The number of pyridine rings is 1. The molecule has 0 unspecified atom stereocenters. The summed E-state index contributed by atoms with van der Waals surface area (Å²) in [5, 5.41) is 12.6. The zero-order chi connectivity index (χ0) is 21.2. The van der Waals surface area contributed by atoms with Gasteiger partial charge in [0.2, 0.25) is 0 Å². The third-order valence-electron chi connectivity index (χ3n) is 5.45. The van der Waals surface area contributed by atoms with Gasteiger partial charge < -0.3 is 10.3 Å². The fourth-order valence-electron chi connectivity index (χ4n) is 4.04. The molecule has 1 aliphatic carbocycles. The number of nitrogens with one attached hydrogen (secondary N) is 3. The molecule has 3 heterocycles. The summed E-state index contributed by atoms with van der Waals surface area (Å²) >= 11 is 0. The second-order valence-corrected chi connectivity index (χ2v) is 7.51. The number of hydrogen-bond donors (Lipinski definition) is 3. The van der Waals surface area contributed by atoms with Crippen LogP contribution in [0.2, 0.25) is 0 Å². The van der Waals surface area contributed by atoms with Crippen LogP contribution in [-0.4, -0.2) is 37.1 Å². The Morgan fingerprint density at radius 2 is 2.00 bits per heavy atom. The second kappa shape index (κ2) is 7.98. The molecule has 0 spiro atoms. The lowest BCUT2D eigenvalue weighted by Gasteiger charge is -2.12. The van der Waals surface area contributed by atoms with E-state index in [4.69, 9.17) is 0 Å². The van der Waals surface area contributed by atoms with Crippen molar-refractivity contribution in [3.05, 3.63) is 82.9 Å². The number of aromatic amines is 2. The lowest BCUT2D eigenvalue weighted by molar-refractivity contribution is 0.0970. The van der Waals surface area contributed by atoms with Crippen LogP contribution < -0.4 is 5.32 Å². The number of nitrogens with zero attached hydrogens (tertiary/aromatic N) is 3. The van der Waals surface area contributed by atoms with Gasteiger partial charge >= 0.3 is 0 Å². The first kappa shape index (κ1) is 18.9. The minimum Gasteiger partial charge on any atom is -0.358 e. The number of benzene rings is 1. The normalized spacial score (nSPS) is 13.1. The van der Waals surface area contributed by atoms with Gasteiger partial charge in [-0.3, -0.25) is 9.59 Å². The van der Waals surface area contributed by atoms with E-state index in [1.165, 1.54) is 6.20 Å². The van der Waals surface area contributed by atoms with Crippen molar-refractivity contribution in [2.45, 2.75) is 25.7 Å². The first-order chi connectivity index (χ1) is 15.2. The van der Waals surface area contributed by atoms with Crippen molar-refractivity contribution in [2.24, 2.45) is 0 Å². The number of aryl methyl sites for hydroxylation is 1. The van der Waals surface area contributed by atoms with Crippen LogP contribution in [0.25, 0.3) is 11.3 Å². The third kappa shape index (κ3) is 3.75. The van der Waals surface area contributed by atoms with E-state index in [9.17, 15) is 9.59 Å². The molecule has 4 aromatic rings. The number of carbonyl (C=O) groups excluding carboxylic acids is 2. The average molecular weight is 412 g/mol. The Balaban J connectivity index is 1.54. The van der Waals surface area contributed by atoms with Crippen LogP contribution in [0.1, 0.15) is 50.5 Å². The molecule has 154 valence electrons. The van der Waals surface area contributed by atoms with Crippen LogP contribution in [0.4, 0.5) is 5.82 Å². The number of anilines is 1. The predicted octanol–water partition coefficient (Wildman–Crippen LogP) is 3.56. The van der Waals surface area contributed by atoms with Crippen molar-refractivity contribution in [1.29, 1.82) is 0 Å². The predicted molar refractivity (Wildman–Crippen MR) is 115 cm³/mol. The highest BCUT2D eigenvalue weighted by atomic mass is 16.2. The summed E-state index contributed by atoms with van der Waals surface area (Å²) in [4.78, 5) is 32.8. The number of amides is 1. The molecule has 0 atom stereocenters. The van der Waals surface area contributed by atoms with Crippen LogP contribution in [0, 0.1) is 0 Å². The quantitative estimate of drug-likeness (QED) is 0.463. The van der Waals surface area contributed by atoms with Crippen LogP contribution in [-0.2, 0) is 12.8 Å². The Bertz CT molecular complexity index is 1240. The van der Waals surface area contributed by atoms with E-state index in [0.29, 0.717) is 18.7 Å². The number of fused-ring (bicyclic) bond motifs is 1. The summed E-state index contributed by atoms with van der Waals surface area (Å²) in [7, 11) is 0. The van der Waals surface area contributed by atoms with Crippen LogP contribution >= 0.6 is 0 Å². The molecule has 1 aliphatic rings. The minimum absolute atomic E-state index is 0.179. The van der Waals surface area contributed by atoms with Crippen molar-refractivity contribution in [2.75, 3.05) is 5.32 Å². The molecule has 5 rings (SSSR count). The molecule has 3 N–H and O–H groups in total. The number of hydrogen-bond acceptors (Lipinski definition) is 5. The number of aromatic nitrogens is 5. The first-order valence-electron chi connectivity index (χ1n) is 10.1. The van der Waals surface area contributed by atoms with Gasteiger partial charge in [0, 0.05) is 35.9 Å². The van der Waals surface area contributed by atoms with Crippen molar-refractivity contribution >= 4 is 17.5 Å². The van der Waals surface area contributed by atoms with Crippen molar-refractivity contribution in [3.8, 4) is 11.3 Å². The molecule has 0 saturated carbocycles. The van der Waals surface area contributed by atoms with E-state index in [-0.39, 0.29) is 11.5 Å². The van der Waals surface area contributed by atoms with Gasteiger partial charge in [0.15, 0.2) is 11.5 Å². The van der Waals surface area contributed by atoms with Gasteiger partial charge in [-0.15, -0.1) is 0 Å². The van der Waals surface area contributed by atoms with Gasteiger partial charge in [-0.25, -0.2) is 4.98 Å². The maximum Gasteiger partial charge on any atom is 0.278 e. The average Bonchev–Trinajstić information content (AvgIpc) is 3.44. The number of ketones is 1. The van der Waals surface area contributed by atoms with Crippen LogP contribution in [0.5, 0.6) is 0 Å². The zero-order valence-corrected chi connectivity index (χ0v) is 16.7. The SMILES string of the molecule is O=C(Nc1cc(-c2[nH]c3c(c2Cc2ccccc2)C(=O)CCC3)ccn1)c1cn[nH]n1. The van der Waals surface area contributed by atoms with Crippen molar-refractivity contribution < 1.29 is 9.59 Å². The highest BCUT2D eigenvalue weighted by molar-refractivity contribution is 6.03. The van der Waals surface area contributed by atoms with E-state index in [2.05, 4.69) is 42.8 Å². The smallest absolute Gasteiger partial charge is 0.278 e. The van der Waals surface area contributed by atoms with Crippen LogP contribution in [0.15, 0.2) is 54.9 Å². The summed E-state index contributed by atoms with van der Waals surface area (Å²) in [5.74, 6) is 0.183. The molecule has 0 radical (unpaired) electrons. The van der Waals surface area contributed by atoms with Gasteiger partial charge in [-0.1, -0.05) is 30.3 Å². The molecule has 8 heteroatoms. The molecule has 0 aliphatic heterocycles. The maximum absolute atomic E-state index is 12.8. The van der Waals surface area contributed by atoms with Gasteiger partial charge in [0.1, 0.15) is 5.82 Å². The topological polar surface area (TPSA) is 116 Å². The Hall–Kier alpha value is -4.07. The Labute approximate surface area is 178 Å². The summed E-state index contributed by atoms with van der Waals surface area (Å²) in [6, 6.07) is 13.8. The largest absolute Gasteiger partial charge is 0.358 e. The van der Waals surface area contributed by atoms with Gasteiger partial charge in [0.25, 0.3) is 5.91 Å². The maximum atomic E-state index is 12.8. The zero-order valence-electron chi connectivity index (χ0n) is 16.7. The molecule has 31 heavy (non-hydrogen) atoms. The number of H-pyrrole nitrogens is 2. The van der Waals surface area contributed by atoms with Gasteiger partial charge in [-0.2, -0.15) is 15.4 Å². The number of carbonyl (C=O) groups is 2. The molecule has 0 saturated heterocycles. The molecule has 1 amide bonds. The second-order valence-electron chi connectivity index (χ2n) is 7.51. The molecule has 0 fully saturated rings. The molecule has 3 aromatic heterocycles. The summed E-state index contributed by atoms with van der Waals surface area (Å²) < 4.78 is 0. The fourth-order valence-corrected chi connectivity index (χ4v) is 4.04. The van der Waals surface area contributed by atoms with E-state index >= 15 is 0 Å².